The Morgan fingerprint density at radius 2 is 2.14 bits per heavy atom. The number of nitrogens with zero attached hydrogens (tertiary/aromatic N) is 3. The van der Waals surface area contributed by atoms with Gasteiger partial charge in [-0.15, -0.1) is 0 Å². The molecular formula is C14H16FN3O4. The average molecular weight is 309 g/mol. The van der Waals surface area contributed by atoms with Crippen LogP contribution in [-0.4, -0.2) is 54.5 Å². The van der Waals surface area contributed by atoms with Gasteiger partial charge in [-0.2, -0.15) is 0 Å². The summed E-state index contributed by atoms with van der Waals surface area (Å²) in [5.41, 5.74) is 1.45. The summed E-state index contributed by atoms with van der Waals surface area (Å²) >= 11 is 0. The van der Waals surface area contributed by atoms with Crippen LogP contribution in [0.4, 0.5) is 4.39 Å². The monoisotopic (exact) mass is 309 g/mol. The van der Waals surface area contributed by atoms with Crippen LogP contribution < -0.4 is 0 Å². The molecule has 4 rings (SSSR count). The van der Waals surface area contributed by atoms with Crippen molar-refractivity contribution in [2.45, 2.75) is 43.1 Å². The van der Waals surface area contributed by atoms with Crippen LogP contribution >= 0.6 is 0 Å². The predicted octanol–water partition coefficient (Wildman–Crippen LogP) is 0.217. The van der Waals surface area contributed by atoms with Gasteiger partial charge in [0.2, 0.25) is 0 Å². The zero-order valence-electron chi connectivity index (χ0n) is 11.6. The van der Waals surface area contributed by atoms with Crippen molar-refractivity contribution in [1.82, 2.24) is 14.5 Å². The Bertz CT molecular complexity index is 719. The Kier molecular flexibility index (Phi) is 2.99. The van der Waals surface area contributed by atoms with Gasteiger partial charge in [0.05, 0.1) is 5.69 Å². The van der Waals surface area contributed by atoms with Crippen molar-refractivity contribution in [2.24, 2.45) is 0 Å². The van der Waals surface area contributed by atoms with Crippen LogP contribution in [0.25, 0.3) is 11.0 Å². The molecule has 4 atom stereocenters. The smallest absolute Gasteiger partial charge is 0.263 e. The van der Waals surface area contributed by atoms with Crippen molar-refractivity contribution in [3.63, 3.8) is 0 Å². The summed E-state index contributed by atoms with van der Waals surface area (Å²) in [4.78, 5) is 8.48. The van der Waals surface area contributed by atoms with Crippen LogP contribution in [0.15, 0.2) is 18.6 Å². The van der Waals surface area contributed by atoms with Crippen molar-refractivity contribution in [3.05, 3.63) is 24.3 Å². The van der Waals surface area contributed by atoms with Gasteiger partial charge in [0.1, 0.15) is 30.8 Å². The van der Waals surface area contributed by atoms with Crippen molar-refractivity contribution < 1.29 is 24.4 Å². The summed E-state index contributed by atoms with van der Waals surface area (Å²) in [6, 6.07) is 1.79. The molecule has 7 nitrogen and oxygen atoms in total. The number of aromatic nitrogens is 3. The maximum Gasteiger partial charge on any atom is 0.263 e. The largest absolute Gasteiger partial charge is 0.390 e. The number of hydrogen-bond donors (Lipinski definition) is 3. The highest BCUT2D eigenvalue weighted by atomic mass is 19.2. The van der Waals surface area contributed by atoms with E-state index in [0.29, 0.717) is 11.6 Å². The number of ether oxygens (including phenoxy) is 1. The summed E-state index contributed by atoms with van der Waals surface area (Å²) < 4.78 is 20.8. The molecule has 2 aromatic heterocycles. The van der Waals surface area contributed by atoms with Crippen molar-refractivity contribution >= 4 is 11.0 Å². The zero-order valence-corrected chi connectivity index (χ0v) is 11.6. The lowest BCUT2D eigenvalue weighted by molar-refractivity contribution is -0.206. The molecule has 1 saturated heterocycles. The second-order valence-electron chi connectivity index (χ2n) is 5.88. The van der Waals surface area contributed by atoms with Gasteiger partial charge >= 0.3 is 0 Å². The highest BCUT2D eigenvalue weighted by molar-refractivity contribution is 5.79. The minimum absolute atomic E-state index is 0.416. The van der Waals surface area contributed by atoms with Gasteiger partial charge in [-0.05, 0) is 18.9 Å². The van der Waals surface area contributed by atoms with E-state index >= 15 is 0 Å². The Morgan fingerprint density at radius 1 is 1.36 bits per heavy atom. The van der Waals surface area contributed by atoms with E-state index < -0.39 is 30.9 Å². The molecule has 0 aromatic carbocycles. The summed E-state index contributed by atoms with van der Waals surface area (Å²) in [5.74, 6) is -2.27. The maximum atomic E-state index is 14.2. The number of hydrogen-bond acceptors (Lipinski definition) is 6. The molecule has 1 aliphatic heterocycles. The second-order valence-corrected chi connectivity index (χ2v) is 5.88. The van der Waals surface area contributed by atoms with Crippen molar-refractivity contribution in [3.8, 4) is 0 Å². The molecule has 8 heteroatoms. The van der Waals surface area contributed by atoms with E-state index in [2.05, 4.69) is 9.97 Å². The highest BCUT2D eigenvalue weighted by Gasteiger charge is 2.55. The fraction of sp³-hybridized carbons (Fsp3) is 0.571. The van der Waals surface area contributed by atoms with Crippen molar-refractivity contribution in [1.29, 1.82) is 0 Å². The molecule has 3 heterocycles. The molecule has 118 valence electrons. The Labute approximate surface area is 125 Å². The highest BCUT2D eigenvalue weighted by Crippen LogP contribution is 2.43. The quantitative estimate of drug-likeness (QED) is 0.750. The van der Waals surface area contributed by atoms with E-state index in [9.17, 15) is 14.6 Å². The number of halogens is 1. The van der Waals surface area contributed by atoms with E-state index in [-0.39, 0.29) is 0 Å². The SMILES string of the molecule is OC[C@@]1(F)O[C@@H](n2ccc3c(C4CC4)ncnc32)[C@H](O)[C@@H]1O. The third-order valence-corrected chi connectivity index (χ3v) is 4.37. The van der Waals surface area contributed by atoms with E-state index in [4.69, 9.17) is 9.84 Å². The Balaban J connectivity index is 1.77. The van der Waals surface area contributed by atoms with Crippen LogP contribution in [0.5, 0.6) is 0 Å². The molecule has 0 bridgehead atoms. The molecule has 3 N–H and O–H groups in total. The van der Waals surface area contributed by atoms with Crippen LogP contribution in [0.2, 0.25) is 0 Å². The minimum atomic E-state index is -2.69. The first-order valence-corrected chi connectivity index (χ1v) is 7.20. The van der Waals surface area contributed by atoms with Gasteiger partial charge in [-0.3, -0.25) is 0 Å². The van der Waals surface area contributed by atoms with Gasteiger partial charge in [0, 0.05) is 17.5 Å². The predicted molar refractivity (Wildman–Crippen MR) is 72.6 cm³/mol. The van der Waals surface area contributed by atoms with E-state index in [1.807, 2.05) is 0 Å². The lowest BCUT2D eigenvalue weighted by Gasteiger charge is -2.20. The van der Waals surface area contributed by atoms with E-state index in [1.165, 1.54) is 10.9 Å². The fourth-order valence-electron chi connectivity index (χ4n) is 2.98. The Morgan fingerprint density at radius 3 is 2.77 bits per heavy atom. The van der Waals surface area contributed by atoms with Gasteiger partial charge in [0.15, 0.2) is 6.23 Å². The van der Waals surface area contributed by atoms with Gasteiger partial charge in [-0.25, -0.2) is 14.4 Å². The molecule has 2 fully saturated rings. The van der Waals surface area contributed by atoms with Gasteiger partial charge < -0.3 is 24.6 Å². The van der Waals surface area contributed by atoms with Gasteiger partial charge in [0.25, 0.3) is 5.85 Å². The first-order chi connectivity index (χ1) is 10.5. The summed E-state index contributed by atoms with van der Waals surface area (Å²) in [6.45, 7) is -1.04. The van der Waals surface area contributed by atoms with E-state index in [1.54, 1.807) is 12.3 Å². The number of alkyl halides is 1. The number of fused-ring (bicyclic) bond motifs is 1. The molecule has 0 radical (unpaired) electrons. The zero-order chi connectivity index (χ0) is 15.5. The standard InChI is InChI=1S/C14H16FN3O4/c15-14(5-19)11(21)10(20)13(22-14)18-4-3-8-9(7-1-2-7)16-6-17-12(8)18/h3-4,6-7,10-11,13,19-21H,1-2,5H2/t10-,11+,13-,14-/m1/s1. The first kappa shape index (κ1) is 14.0. The summed E-state index contributed by atoms with van der Waals surface area (Å²) in [6.07, 6.45) is 0.713. The maximum absolute atomic E-state index is 14.2. The molecule has 0 spiro atoms. The average Bonchev–Trinajstić information content (AvgIpc) is 3.25. The van der Waals surface area contributed by atoms with Crippen LogP contribution in [0.3, 0.4) is 0 Å². The van der Waals surface area contributed by atoms with Crippen LogP contribution in [-0.2, 0) is 4.74 Å². The molecule has 0 unspecified atom stereocenters. The number of aliphatic hydroxyl groups excluding tert-OH is 3. The molecule has 22 heavy (non-hydrogen) atoms. The lowest BCUT2D eigenvalue weighted by Crippen LogP contribution is -2.42. The van der Waals surface area contributed by atoms with Gasteiger partial charge in [-0.1, -0.05) is 0 Å². The lowest BCUT2D eigenvalue weighted by atomic mass is 10.1. The second kappa shape index (κ2) is 4.69. The molecule has 1 aliphatic carbocycles. The number of aliphatic hydroxyl groups is 3. The Hall–Kier alpha value is -1.61. The molecule has 0 amide bonds. The number of rotatable bonds is 3. The first-order valence-electron chi connectivity index (χ1n) is 7.20. The summed E-state index contributed by atoms with van der Waals surface area (Å²) in [5, 5.41) is 29.7. The molecule has 2 aromatic rings. The normalized spacial score (nSPS) is 35.4. The summed E-state index contributed by atoms with van der Waals surface area (Å²) in [7, 11) is 0. The topological polar surface area (TPSA) is 101 Å². The third-order valence-electron chi connectivity index (χ3n) is 4.37. The van der Waals surface area contributed by atoms with Crippen molar-refractivity contribution in [2.75, 3.05) is 6.61 Å². The fourth-order valence-corrected chi connectivity index (χ4v) is 2.98. The van der Waals surface area contributed by atoms with Crippen LogP contribution in [0, 0.1) is 0 Å². The third kappa shape index (κ3) is 1.88. The van der Waals surface area contributed by atoms with E-state index in [0.717, 1.165) is 23.9 Å². The molecule has 1 saturated carbocycles. The van der Waals surface area contributed by atoms with Crippen LogP contribution in [0.1, 0.15) is 30.7 Å². The molecular weight excluding hydrogens is 293 g/mol. The molecule has 2 aliphatic rings. The minimum Gasteiger partial charge on any atom is -0.390 e.